The summed E-state index contributed by atoms with van der Waals surface area (Å²) in [5.74, 6) is 0.849. The van der Waals surface area contributed by atoms with Crippen molar-refractivity contribution < 1.29 is 4.39 Å². The summed E-state index contributed by atoms with van der Waals surface area (Å²) in [6.45, 7) is 3.93. The molecule has 1 aliphatic carbocycles. The third kappa shape index (κ3) is 3.38. The van der Waals surface area contributed by atoms with Gasteiger partial charge in [0.1, 0.15) is 5.82 Å². The number of rotatable bonds is 3. The van der Waals surface area contributed by atoms with E-state index in [9.17, 15) is 14.0 Å². The predicted octanol–water partition coefficient (Wildman–Crippen LogP) is 2.87. The van der Waals surface area contributed by atoms with Crippen LogP contribution in [0.2, 0.25) is 0 Å². The maximum atomic E-state index is 13.5. The van der Waals surface area contributed by atoms with Gasteiger partial charge in [-0.25, -0.2) is 9.18 Å². The second-order valence-electron chi connectivity index (χ2n) is 9.10. The van der Waals surface area contributed by atoms with Crippen LogP contribution < -0.4 is 16.1 Å². The number of hydrogen-bond donors (Lipinski definition) is 0. The fourth-order valence-corrected chi connectivity index (χ4v) is 5.16. The van der Waals surface area contributed by atoms with E-state index >= 15 is 0 Å². The Morgan fingerprint density at radius 2 is 1.77 bits per heavy atom. The zero-order valence-electron chi connectivity index (χ0n) is 18.1. The van der Waals surface area contributed by atoms with Crippen molar-refractivity contribution in [2.45, 2.75) is 58.2 Å². The van der Waals surface area contributed by atoms with Gasteiger partial charge in [0.05, 0.1) is 6.54 Å². The SMILES string of the molecule is C[C@@H]1CN(C2CCCCC2)c2nc3c(c(=O)n(Cc4ccc(F)cc4)c(=O)n3C)n2C1. The van der Waals surface area contributed by atoms with E-state index in [0.717, 1.165) is 25.3 Å². The van der Waals surface area contributed by atoms with Crippen LogP contribution in [-0.4, -0.2) is 31.3 Å². The van der Waals surface area contributed by atoms with Gasteiger partial charge in [-0.05, 0) is 36.5 Å². The zero-order valence-corrected chi connectivity index (χ0v) is 18.1. The summed E-state index contributed by atoms with van der Waals surface area (Å²) in [5.41, 5.74) is 0.880. The van der Waals surface area contributed by atoms with Crippen molar-refractivity contribution in [3.05, 3.63) is 56.5 Å². The number of nitrogens with zero attached hydrogens (tertiary/aromatic N) is 5. The van der Waals surface area contributed by atoms with Gasteiger partial charge in [0.25, 0.3) is 5.56 Å². The number of anilines is 1. The highest BCUT2D eigenvalue weighted by molar-refractivity contribution is 5.75. The molecular formula is C23H28FN5O2. The molecule has 8 heteroatoms. The largest absolute Gasteiger partial charge is 0.339 e. The number of benzene rings is 1. The molecule has 164 valence electrons. The fourth-order valence-electron chi connectivity index (χ4n) is 5.16. The number of hydrogen-bond acceptors (Lipinski definition) is 4. The molecule has 31 heavy (non-hydrogen) atoms. The van der Waals surface area contributed by atoms with E-state index in [0.29, 0.717) is 35.2 Å². The minimum absolute atomic E-state index is 0.101. The van der Waals surface area contributed by atoms with E-state index in [4.69, 9.17) is 4.98 Å². The van der Waals surface area contributed by atoms with E-state index in [1.54, 1.807) is 19.2 Å². The first-order valence-corrected chi connectivity index (χ1v) is 11.1. The number of halogens is 1. The van der Waals surface area contributed by atoms with Gasteiger partial charge in [-0.2, -0.15) is 4.98 Å². The molecule has 1 aromatic carbocycles. The lowest BCUT2D eigenvalue weighted by molar-refractivity contribution is 0.354. The van der Waals surface area contributed by atoms with Crippen LogP contribution in [0.3, 0.4) is 0 Å². The molecular weight excluding hydrogens is 397 g/mol. The normalized spacial score (nSPS) is 19.7. The van der Waals surface area contributed by atoms with E-state index in [1.807, 2.05) is 4.57 Å². The Bertz CT molecular complexity index is 1230. The van der Waals surface area contributed by atoms with E-state index < -0.39 is 5.69 Å². The monoisotopic (exact) mass is 425 g/mol. The number of aryl methyl sites for hydroxylation is 1. The molecule has 7 nitrogen and oxygen atoms in total. The summed E-state index contributed by atoms with van der Waals surface area (Å²) in [7, 11) is 1.67. The van der Waals surface area contributed by atoms with Crippen LogP contribution in [0.25, 0.3) is 11.2 Å². The summed E-state index contributed by atoms with van der Waals surface area (Å²) < 4.78 is 18.0. The first kappa shape index (κ1) is 20.0. The van der Waals surface area contributed by atoms with Gasteiger partial charge in [-0.15, -0.1) is 0 Å². The smallest absolute Gasteiger partial charge is 0.332 e. The molecule has 2 aliphatic rings. The molecule has 1 saturated carbocycles. The van der Waals surface area contributed by atoms with Crippen LogP contribution in [0.4, 0.5) is 10.3 Å². The standard InChI is InChI=1S/C23H28FN5O2/c1-15-12-27(18-6-4-3-5-7-18)22-25-20-19(28(22)13-15)21(30)29(23(31)26(20)2)14-16-8-10-17(24)11-9-16/h8-11,15,18H,3-7,12-14H2,1-2H3/t15-/m1/s1. The second kappa shape index (κ2) is 7.66. The molecule has 0 unspecified atom stereocenters. The molecule has 0 N–H and O–H groups in total. The zero-order chi connectivity index (χ0) is 21.7. The summed E-state index contributed by atoms with van der Waals surface area (Å²) in [6, 6.07) is 6.32. The van der Waals surface area contributed by atoms with E-state index in [2.05, 4.69) is 11.8 Å². The predicted molar refractivity (Wildman–Crippen MR) is 118 cm³/mol. The molecule has 0 saturated heterocycles. The van der Waals surface area contributed by atoms with Crippen LogP contribution in [0, 0.1) is 11.7 Å². The van der Waals surface area contributed by atoms with Gasteiger partial charge in [0.15, 0.2) is 11.2 Å². The van der Waals surface area contributed by atoms with E-state index in [-0.39, 0.29) is 17.9 Å². The summed E-state index contributed by atoms with van der Waals surface area (Å²) in [5, 5.41) is 0. The summed E-state index contributed by atoms with van der Waals surface area (Å²) >= 11 is 0. The molecule has 5 rings (SSSR count). The Morgan fingerprint density at radius 1 is 1.06 bits per heavy atom. The maximum Gasteiger partial charge on any atom is 0.332 e. The van der Waals surface area contributed by atoms with Crippen molar-refractivity contribution in [1.29, 1.82) is 0 Å². The first-order chi connectivity index (χ1) is 14.9. The highest BCUT2D eigenvalue weighted by Gasteiger charge is 2.33. The third-order valence-electron chi connectivity index (χ3n) is 6.74. The van der Waals surface area contributed by atoms with Crippen molar-refractivity contribution in [2.75, 3.05) is 11.4 Å². The molecule has 2 aromatic heterocycles. The molecule has 0 spiro atoms. The average molecular weight is 426 g/mol. The van der Waals surface area contributed by atoms with Crippen LogP contribution in [0.1, 0.15) is 44.6 Å². The van der Waals surface area contributed by atoms with Crippen LogP contribution in [-0.2, 0) is 20.1 Å². The van der Waals surface area contributed by atoms with Crippen LogP contribution >= 0.6 is 0 Å². The number of fused-ring (bicyclic) bond motifs is 3. The average Bonchev–Trinajstić information content (AvgIpc) is 3.16. The first-order valence-electron chi connectivity index (χ1n) is 11.1. The Morgan fingerprint density at radius 3 is 2.48 bits per heavy atom. The lowest BCUT2D eigenvalue weighted by Crippen LogP contribution is -2.45. The van der Waals surface area contributed by atoms with E-state index in [1.165, 1.54) is 40.5 Å². The van der Waals surface area contributed by atoms with Gasteiger partial charge >= 0.3 is 5.69 Å². The summed E-state index contributed by atoms with van der Waals surface area (Å²) in [6.07, 6.45) is 6.00. The number of imidazole rings is 1. The Balaban J connectivity index is 1.66. The summed E-state index contributed by atoms with van der Waals surface area (Å²) in [4.78, 5) is 33.7. The fraction of sp³-hybridized carbons (Fsp3) is 0.522. The Kier molecular flexibility index (Phi) is 4.95. The minimum Gasteiger partial charge on any atom is -0.339 e. The minimum atomic E-state index is -0.408. The van der Waals surface area contributed by atoms with Crippen LogP contribution in [0.5, 0.6) is 0 Å². The van der Waals surface area contributed by atoms with Crippen molar-refractivity contribution in [2.24, 2.45) is 13.0 Å². The maximum absolute atomic E-state index is 13.5. The van der Waals surface area contributed by atoms with Gasteiger partial charge in [0.2, 0.25) is 5.95 Å². The quantitative estimate of drug-likeness (QED) is 0.647. The molecule has 3 aromatic rings. The van der Waals surface area contributed by atoms with Crippen LogP contribution in [0.15, 0.2) is 33.9 Å². The lowest BCUT2D eigenvalue weighted by Gasteiger charge is -2.40. The Labute approximate surface area is 179 Å². The lowest BCUT2D eigenvalue weighted by atomic mass is 9.93. The Hall–Kier alpha value is -2.90. The second-order valence-corrected chi connectivity index (χ2v) is 9.10. The molecule has 0 radical (unpaired) electrons. The molecule has 0 bridgehead atoms. The molecule has 0 amide bonds. The van der Waals surface area contributed by atoms with Gasteiger partial charge in [-0.1, -0.05) is 38.3 Å². The molecule has 1 fully saturated rings. The third-order valence-corrected chi connectivity index (χ3v) is 6.74. The molecule has 3 heterocycles. The molecule has 1 atom stereocenters. The van der Waals surface area contributed by atoms with Crippen molar-refractivity contribution in [3.8, 4) is 0 Å². The highest BCUT2D eigenvalue weighted by atomic mass is 19.1. The number of aromatic nitrogens is 4. The van der Waals surface area contributed by atoms with Crippen molar-refractivity contribution >= 4 is 17.1 Å². The van der Waals surface area contributed by atoms with Gasteiger partial charge in [0, 0.05) is 26.2 Å². The van der Waals surface area contributed by atoms with Crippen molar-refractivity contribution in [3.63, 3.8) is 0 Å². The van der Waals surface area contributed by atoms with Gasteiger partial charge in [-0.3, -0.25) is 13.9 Å². The molecule has 1 aliphatic heterocycles. The van der Waals surface area contributed by atoms with Gasteiger partial charge < -0.3 is 9.47 Å². The topological polar surface area (TPSA) is 65.1 Å². The highest BCUT2D eigenvalue weighted by Crippen LogP contribution is 2.33. The van der Waals surface area contributed by atoms with Crippen molar-refractivity contribution in [1.82, 2.24) is 18.7 Å².